The number of benzene rings is 7. The van der Waals surface area contributed by atoms with Crippen LogP contribution in [0.3, 0.4) is 0 Å². The van der Waals surface area contributed by atoms with Crippen LogP contribution in [0.25, 0.3) is 88.8 Å². The summed E-state index contributed by atoms with van der Waals surface area (Å²) < 4.78 is 4.66. The Morgan fingerprint density at radius 1 is 0.333 bits per heavy atom. The predicted molar refractivity (Wildman–Crippen MR) is 197 cm³/mol. The Bertz CT molecular complexity index is 2770. The average molecular weight is 614 g/mol. The molecule has 0 radical (unpaired) electrons. The van der Waals surface area contributed by atoms with Gasteiger partial charge in [0.2, 0.25) is 5.95 Å². The fourth-order valence-corrected chi connectivity index (χ4v) is 7.27. The van der Waals surface area contributed by atoms with Crippen LogP contribution in [-0.4, -0.2) is 24.1 Å². The van der Waals surface area contributed by atoms with E-state index in [1.54, 1.807) is 0 Å². The molecule has 0 atom stereocenters. The van der Waals surface area contributed by atoms with Crippen LogP contribution in [0.1, 0.15) is 0 Å². The van der Waals surface area contributed by atoms with Crippen molar-refractivity contribution >= 4 is 54.4 Å². The normalized spacial score (nSPS) is 11.8. The Balaban J connectivity index is 1.37. The van der Waals surface area contributed by atoms with Crippen molar-refractivity contribution in [2.45, 2.75) is 0 Å². The molecular formula is C43H27N5. The first-order valence-corrected chi connectivity index (χ1v) is 16.1. The maximum atomic E-state index is 5.20. The van der Waals surface area contributed by atoms with E-state index in [-0.39, 0.29) is 0 Å². The summed E-state index contributed by atoms with van der Waals surface area (Å²) in [4.78, 5) is 15.4. The van der Waals surface area contributed by atoms with Crippen molar-refractivity contribution in [1.29, 1.82) is 0 Å². The molecule has 0 saturated carbocycles. The van der Waals surface area contributed by atoms with Crippen LogP contribution in [0.15, 0.2) is 164 Å². The summed E-state index contributed by atoms with van der Waals surface area (Å²) >= 11 is 0. The van der Waals surface area contributed by atoms with E-state index in [9.17, 15) is 0 Å². The Morgan fingerprint density at radius 3 is 1.52 bits per heavy atom. The summed E-state index contributed by atoms with van der Waals surface area (Å²) in [6.45, 7) is 0. The van der Waals surface area contributed by atoms with Crippen LogP contribution >= 0.6 is 0 Å². The van der Waals surface area contributed by atoms with Crippen molar-refractivity contribution < 1.29 is 0 Å². The van der Waals surface area contributed by atoms with Gasteiger partial charge in [0.05, 0.1) is 27.8 Å². The quantitative estimate of drug-likeness (QED) is 0.198. The zero-order chi connectivity index (χ0) is 31.6. The van der Waals surface area contributed by atoms with E-state index >= 15 is 0 Å². The second-order valence-electron chi connectivity index (χ2n) is 12.1. The molecular weight excluding hydrogens is 587 g/mol. The van der Waals surface area contributed by atoms with E-state index in [4.69, 9.17) is 15.0 Å². The average Bonchev–Trinajstić information content (AvgIpc) is 3.69. The lowest BCUT2D eigenvalue weighted by molar-refractivity contribution is 0.950. The van der Waals surface area contributed by atoms with Gasteiger partial charge >= 0.3 is 0 Å². The Hall–Kier alpha value is -6.59. The minimum absolute atomic E-state index is 0.576. The van der Waals surface area contributed by atoms with E-state index in [0.29, 0.717) is 17.6 Å². The second kappa shape index (κ2) is 10.5. The Morgan fingerprint density at radius 2 is 0.854 bits per heavy atom. The molecule has 10 rings (SSSR count). The number of fused-ring (bicyclic) bond motifs is 8. The first kappa shape index (κ1) is 26.6. The minimum Gasteiger partial charge on any atom is -0.306 e. The number of hydrogen-bond donors (Lipinski definition) is 0. The van der Waals surface area contributed by atoms with Gasteiger partial charge in [-0.3, -0.25) is 4.57 Å². The molecule has 3 heterocycles. The highest BCUT2D eigenvalue weighted by atomic mass is 15.2. The first-order chi connectivity index (χ1) is 23.8. The summed E-state index contributed by atoms with van der Waals surface area (Å²) in [6, 6.07) is 57.3. The number of para-hydroxylation sites is 3. The predicted octanol–water partition coefficient (Wildman–Crippen LogP) is 10.6. The van der Waals surface area contributed by atoms with Crippen LogP contribution in [0, 0.1) is 0 Å². The Labute approximate surface area is 276 Å². The number of rotatable bonds is 4. The van der Waals surface area contributed by atoms with E-state index in [2.05, 4.69) is 112 Å². The molecule has 48 heavy (non-hydrogen) atoms. The summed E-state index contributed by atoms with van der Waals surface area (Å²) in [6.07, 6.45) is 0. The highest BCUT2D eigenvalue weighted by Gasteiger charge is 2.23. The van der Waals surface area contributed by atoms with Gasteiger partial charge in [-0.1, -0.05) is 146 Å². The summed E-state index contributed by atoms with van der Waals surface area (Å²) in [5, 5.41) is 7.14. The van der Waals surface area contributed by atoms with Crippen molar-refractivity contribution in [2.24, 2.45) is 0 Å². The van der Waals surface area contributed by atoms with Gasteiger partial charge in [0.25, 0.3) is 0 Å². The molecule has 5 heteroatoms. The van der Waals surface area contributed by atoms with Crippen LogP contribution in [0.5, 0.6) is 0 Å². The van der Waals surface area contributed by atoms with E-state index < -0.39 is 0 Å². The standard InChI is InChI=1S/C43H27N5/c1-3-15-29(16-4-1)41-44-42(30-17-5-2-6-18-30)46-43(45-41)48-37-24-12-10-20-32(37)34-22-13-25-38(40(34)48)47-36-23-11-9-21-33(36)35-27-26-28-14-7-8-19-31(28)39(35)47/h1-27H. The van der Waals surface area contributed by atoms with E-state index in [0.717, 1.165) is 44.1 Å². The summed E-state index contributed by atoms with van der Waals surface area (Å²) in [5.41, 5.74) is 7.35. The van der Waals surface area contributed by atoms with Crippen LogP contribution in [0.2, 0.25) is 0 Å². The van der Waals surface area contributed by atoms with Crippen LogP contribution in [-0.2, 0) is 0 Å². The zero-order valence-electron chi connectivity index (χ0n) is 25.8. The first-order valence-electron chi connectivity index (χ1n) is 16.1. The molecule has 0 bridgehead atoms. The smallest absolute Gasteiger partial charge is 0.238 e. The molecule has 10 aromatic rings. The molecule has 3 aromatic heterocycles. The lowest BCUT2D eigenvalue weighted by Gasteiger charge is -2.15. The minimum atomic E-state index is 0.576. The molecule has 7 aromatic carbocycles. The van der Waals surface area contributed by atoms with Gasteiger partial charge in [0.1, 0.15) is 0 Å². The topological polar surface area (TPSA) is 48.5 Å². The molecule has 0 aliphatic rings. The van der Waals surface area contributed by atoms with Crippen molar-refractivity contribution in [1.82, 2.24) is 24.1 Å². The fraction of sp³-hybridized carbons (Fsp3) is 0. The molecule has 0 unspecified atom stereocenters. The van der Waals surface area contributed by atoms with Gasteiger partial charge in [-0.25, -0.2) is 4.98 Å². The lowest BCUT2D eigenvalue weighted by atomic mass is 10.1. The molecule has 5 nitrogen and oxygen atoms in total. The zero-order valence-corrected chi connectivity index (χ0v) is 25.8. The summed E-state index contributed by atoms with van der Waals surface area (Å²) in [7, 11) is 0. The van der Waals surface area contributed by atoms with Crippen LogP contribution < -0.4 is 0 Å². The van der Waals surface area contributed by atoms with E-state index in [1.165, 1.54) is 27.1 Å². The van der Waals surface area contributed by atoms with Gasteiger partial charge in [0.15, 0.2) is 11.6 Å². The molecule has 0 spiro atoms. The lowest BCUT2D eigenvalue weighted by Crippen LogP contribution is -2.08. The fourth-order valence-electron chi connectivity index (χ4n) is 7.27. The summed E-state index contributed by atoms with van der Waals surface area (Å²) in [5.74, 6) is 1.84. The highest BCUT2D eigenvalue weighted by molar-refractivity contribution is 6.20. The number of aromatic nitrogens is 5. The molecule has 0 fully saturated rings. The Kier molecular flexibility index (Phi) is 5.81. The molecule has 0 aliphatic carbocycles. The molecule has 0 N–H and O–H groups in total. The molecule has 0 aliphatic heterocycles. The van der Waals surface area contributed by atoms with Crippen molar-refractivity contribution in [3.8, 4) is 34.4 Å². The largest absolute Gasteiger partial charge is 0.306 e. The maximum Gasteiger partial charge on any atom is 0.238 e. The van der Waals surface area contributed by atoms with Gasteiger partial charge in [-0.2, -0.15) is 9.97 Å². The third kappa shape index (κ3) is 3.94. The highest BCUT2D eigenvalue weighted by Crippen LogP contribution is 2.41. The van der Waals surface area contributed by atoms with E-state index in [1.807, 2.05) is 60.7 Å². The van der Waals surface area contributed by atoms with Gasteiger partial charge in [-0.15, -0.1) is 0 Å². The SMILES string of the molecule is c1ccc(-c2nc(-c3ccccc3)nc(-n3c4ccccc4c4cccc(-n5c6ccccc6c6ccc7ccccc7c65)c43)n2)cc1. The van der Waals surface area contributed by atoms with Crippen LogP contribution in [0.4, 0.5) is 0 Å². The van der Waals surface area contributed by atoms with Crippen molar-refractivity contribution in [3.05, 3.63) is 164 Å². The third-order valence-electron chi connectivity index (χ3n) is 9.36. The third-order valence-corrected chi connectivity index (χ3v) is 9.36. The number of hydrogen-bond acceptors (Lipinski definition) is 3. The van der Waals surface area contributed by atoms with Gasteiger partial charge in [-0.05, 0) is 23.6 Å². The molecule has 224 valence electrons. The molecule has 0 saturated heterocycles. The van der Waals surface area contributed by atoms with Crippen molar-refractivity contribution in [2.75, 3.05) is 0 Å². The van der Waals surface area contributed by atoms with Crippen molar-refractivity contribution in [3.63, 3.8) is 0 Å². The van der Waals surface area contributed by atoms with Gasteiger partial charge in [0, 0.05) is 38.1 Å². The van der Waals surface area contributed by atoms with Gasteiger partial charge < -0.3 is 4.57 Å². The monoisotopic (exact) mass is 613 g/mol. The second-order valence-corrected chi connectivity index (χ2v) is 12.1. The molecule has 0 amide bonds. The number of nitrogens with zero attached hydrogens (tertiary/aromatic N) is 5. The maximum absolute atomic E-state index is 5.20.